The fourth-order valence-electron chi connectivity index (χ4n) is 2.19. The third kappa shape index (κ3) is 5.47. The molecule has 0 aliphatic carbocycles. The van der Waals surface area contributed by atoms with Crippen molar-refractivity contribution in [2.75, 3.05) is 25.1 Å². The second-order valence-corrected chi connectivity index (χ2v) is 5.27. The summed E-state index contributed by atoms with van der Waals surface area (Å²) < 4.78 is 24.2. The third-order valence-corrected chi connectivity index (χ3v) is 3.35. The van der Waals surface area contributed by atoms with Gasteiger partial charge in [0.25, 0.3) is 5.91 Å². The molecule has 2 aromatic rings. The Morgan fingerprint density at radius 2 is 1.69 bits per heavy atom. The number of hydrogen-bond donors (Lipinski definition) is 2. The lowest BCUT2D eigenvalue weighted by Gasteiger charge is -2.09. The smallest absolute Gasteiger partial charge is 0.251 e. The van der Waals surface area contributed by atoms with Gasteiger partial charge in [0.1, 0.15) is 5.75 Å². The molecule has 6 nitrogen and oxygen atoms in total. The Labute approximate surface area is 151 Å². The molecule has 2 N–H and O–H groups in total. The zero-order chi connectivity index (χ0) is 18.9. The fourth-order valence-corrected chi connectivity index (χ4v) is 2.19. The molecule has 0 aromatic heterocycles. The lowest BCUT2D eigenvalue weighted by Crippen LogP contribution is -2.32. The molecule has 0 aliphatic rings. The first kappa shape index (κ1) is 19.2. The Hall–Kier alpha value is -3.09. The molecule has 0 unspecified atom stereocenters. The average Bonchev–Trinajstić information content (AvgIpc) is 2.63. The van der Waals surface area contributed by atoms with Crippen molar-refractivity contribution in [3.05, 3.63) is 53.8 Å². The van der Waals surface area contributed by atoms with Crippen molar-refractivity contribution < 1.29 is 23.5 Å². The molecular formula is C19H21FN2O4. The van der Waals surface area contributed by atoms with Crippen molar-refractivity contribution in [3.8, 4) is 11.5 Å². The topological polar surface area (TPSA) is 76.7 Å². The Morgan fingerprint density at radius 1 is 1.00 bits per heavy atom. The summed E-state index contributed by atoms with van der Waals surface area (Å²) in [5.74, 6) is -0.634. The number of halogens is 1. The molecule has 2 aromatic carbocycles. The molecule has 0 spiro atoms. The summed E-state index contributed by atoms with van der Waals surface area (Å²) in [6.45, 7) is 4.27. The molecule has 0 saturated carbocycles. The van der Waals surface area contributed by atoms with E-state index in [0.717, 1.165) is 6.07 Å². The lowest BCUT2D eigenvalue weighted by molar-refractivity contribution is -0.115. The van der Waals surface area contributed by atoms with E-state index in [4.69, 9.17) is 9.47 Å². The van der Waals surface area contributed by atoms with Crippen LogP contribution in [0.25, 0.3) is 0 Å². The number of benzene rings is 2. The van der Waals surface area contributed by atoms with Crippen LogP contribution in [0.15, 0.2) is 42.5 Å². The summed E-state index contributed by atoms with van der Waals surface area (Å²) in [5.41, 5.74) is 0.694. The van der Waals surface area contributed by atoms with Gasteiger partial charge in [-0.05, 0) is 50.2 Å². The normalized spacial score (nSPS) is 10.1. The summed E-state index contributed by atoms with van der Waals surface area (Å²) in [6.07, 6.45) is 0. The monoisotopic (exact) mass is 360 g/mol. The van der Waals surface area contributed by atoms with Gasteiger partial charge < -0.3 is 20.1 Å². The zero-order valence-electron chi connectivity index (χ0n) is 14.7. The van der Waals surface area contributed by atoms with E-state index in [1.54, 1.807) is 31.2 Å². The van der Waals surface area contributed by atoms with Gasteiger partial charge in [-0.2, -0.15) is 0 Å². The van der Waals surface area contributed by atoms with Crippen LogP contribution in [0.3, 0.4) is 0 Å². The lowest BCUT2D eigenvalue weighted by atomic mass is 10.2. The Balaban J connectivity index is 1.86. The number of hydrogen-bond acceptors (Lipinski definition) is 4. The number of rotatable bonds is 8. The number of anilines is 1. The van der Waals surface area contributed by atoms with Crippen LogP contribution < -0.4 is 20.1 Å². The zero-order valence-corrected chi connectivity index (χ0v) is 14.7. The van der Waals surface area contributed by atoms with Crippen LogP contribution in [0.5, 0.6) is 11.5 Å². The molecule has 0 atom stereocenters. The molecular weight excluding hydrogens is 339 g/mol. The van der Waals surface area contributed by atoms with Gasteiger partial charge in [-0.1, -0.05) is 0 Å². The second kappa shape index (κ2) is 9.41. The predicted octanol–water partition coefficient (Wildman–Crippen LogP) is 2.99. The highest BCUT2D eigenvalue weighted by Gasteiger charge is 2.10. The first-order valence-electron chi connectivity index (χ1n) is 8.26. The van der Waals surface area contributed by atoms with Crippen molar-refractivity contribution in [1.82, 2.24) is 5.32 Å². The van der Waals surface area contributed by atoms with Crippen molar-refractivity contribution >= 4 is 17.5 Å². The molecule has 0 saturated heterocycles. The van der Waals surface area contributed by atoms with Crippen molar-refractivity contribution in [2.45, 2.75) is 13.8 Å². The minimum absolute atomic E-state index is 0.120. The summed E-state index contributed by atoms with van der Waals surface area (Å²) in [5, 5.41) is 5.02. The number of amides is 2. The fraction of sp³-hybridized carbons (Fsp3) is 0.263. The maximum Gasteiger partial charge on any atom is 0.251 e. The molecule has 0 radical (unpaired) electrons. The van der Waals surface area contributed by atoms with E-state index >= 15 is 0 Å². The van der Waals surface area contributed by atoms with Gasteiger partial charge in [-0.25, -0.2) is 4.39 Å². The van der Waals surface area contributed by atoms with Crippen molar-refractivity contribution in [1.29, 1.82) is 0 Å². The minimum Gasteiger partial charge on any atom is -0.494 e. The number of carbonyl (C=O) groups excluding carboxylic acids is 2. The van der Waals surface area contributed by atoms with Crippen LogP contribution in [0.1, 0.15) is 24.2 Å². The molecule has 138 valence electrons. The van der Waals surface area contributed by atoms with E-state index in [2.05, 4.69) is 10.6 Å². The van der Waals surface area contributed by atoms with Crippen LogP contribution >= 0.6 is 0 Å². The van der Waals surface area contributed by atoms with Crippen LogP contribution in [0.4, 0.5) is 10.1 Å². The van der Waals surface area contributed by atoms with Gasteiger partial charge in [0, 0.05) is 17.3 Å². The molecule has 2 amide bonds. The van der Waals surface area contributed by atoms with Gasteiger partial charge >= 0.3 is 0 Å². The van der Waals surface area contributed by atoms with Crippen molar-refractivity contribution in [2.24, 2.45) is 0 Å². The number of carbonyl (C=O) groups is 2. The van der Waals surface area contributed by atoms with Crippen LogP contribution in [-0.2, 0) is 4.79 Å². The van der Waals surface area contributed by atoms with Crippen LogP contribution in [0, 0.1) is 5.82 Å². The molecule has 7 heteroatoms. The maximum absolute atomic E-state index is 13.8. The average molecular weight is 360 g/mol. The predicted molar refractivity (Wildman–Crippen MR) is 96.1 cm³/mol. The Kier molecular flexibility index (Phi) is 6.96. The maximum atomic E-state index is 13.8. The van der Waals surface area contributed by atoms with Crippen LogP contribution in [-0.4, -0.2) is 31.6 Å². The second-order valence-electron chi connectivity index (χ2n) is 5.27. The standard InChI is InChI=1S/C19H21FN2O4/c1-3-25-15-8-5-13(6-9-15)19(24)21-12-18(23)22-14-7-10-17(26-4-2)16(20)11-14/h5-11H,3-4,12H2,1-2H3,(H,21,24)(H,22,23). The van der Waals surface area contributed by atoms with E-state index < -0.39 is 11.7 Å². The molecule has 0 aliphatic heterocycles. The van der Waals surface area contributed by atoms with Gasteiger partial charge in [-0.15, -0.1) is 0 Å². The third-order valence-electron chi connectivity index (χ3n) is 3.35. The number of ether oxygens (including phenoxy) is 2. The van der Waals surface area contributed by atoms with E-state index in [0.29, 0.717) is 24.5 Å². The van der Waals surface area contributed by atoms with Gasteiger partial charge in [-0.3, -0.25) is 9.59 Å². The summed E-state index contributed by atoms with van der Waals surface area (Å²) in [6, 6.07) is 10.7. The van der Waals surface area contributed by atoms with E-state index in [-0.39, 0.29) is 23.9 Å². The molecule has 0 bridgehead atoms. The molecule has 2 rings (SSSR count). The summed E-state index contributed by atoms with van der Waals surface area (Å²) in [4.78, 5) is 23.9. The molecule has 0 fully saturated rings. The van der Waals surface area contributed by atoms with Gasteiger partial charge in [0.05, 0.1) is 19.8 Å². The quantitative estimate of drug-likeness (QED) is 0.759. The van der Waals surface area contributed by atoms with Gasteiger partial charge in [0.15, 0.2) is 11.6 Å². The molecule has 0 heterocycles. The Bertz CT molecular complexity index is 763. The largest absolute Gasteiger partial charge is 0.494 e. The highest BCUT2D eigenvalue weighted by atomic mass is 19.1. The summed E-state index contributed by atoms with van der Waals surface area (Å²) >= 11 is 0. The molecule has 26 heavy (non-hydrogen) atoms. The van der Waals surface area contributed by atoms with E-state index in [1.807, 2.05) is 6.92 Å². The van der Waals surface area contributed by atoms with Gasteiger partial charge in [0.2, 0.25) is 5.91 Å². The number of nitrogens with one attached hydrogen (secondary N) is 2. The minimum atomic E-state index is -0.567. The Morgan fingerprint density at radius 3 is 2.31 bits per heavy atom. The first-order valence-corrected chi connectivity index (χ1v) is 8.26. The van der Waals surface area contributed by atoms with Crippen molar-refractivity contribution in [3.63, 3.8) is 0 Å². The SMILES string of the molecule is CCOc1ccc(C(=O)NCC(=O)Nc2ccc(OCC)c(F)c2)cc1. The first-order chi connectivity index (χ1) is 12.5. The highest BCUT2D eigenvalue weighted by Crippen LogP contribution is 2.21. The van der Waals surface area contributed by atoms with E-state index in [9.17, 15) is 14.0 Å². The van der Waals surface area contributed by atoms with E-state index in [1.165, 1.54) is 12.1 Å². The summed E-state index contributed by atoms with van der Waals surface area (Å²) in [7, 11) is 0. The van der Waals surface area contributed by atoms with Crippen LogP contribution in [0.2, 0.25) is 0 Å². The highest BCUT2D eigenvalue weighted by molar-refractivity contribution is 5.99.